The van der Waals surface area contributed by atoms with E-state index >= 15 is 0 Å². The smallest absolute Gasteiger partial charge is 0.326 e. The number of hydrogen-bond donors (Lipinski definition) is 2. The molecule has 0 atom stereocenters. The van der Waals surface area contributed by atoms with Crippen LogP contribution in [0.15, 0.2) is 30.6 Å². The van der Waals surface area contributed by atoms with Gasteiger partial charge in [-0.05, 0) is 30.7 Å². The van der Waals surface area contributed by atoms with E-state index < -0.39 is 6.03 Å². The number of hydrogen-bond acceptors (Lipinski definition) is 4. The van der Waals surface area contributed by atoms with Crippen molar-refractivity contribution < 1.29 is 9.53 Å². The van der Waals surface area contributed by atoms with E-state index in [9.17, 15) is 4.79 Å². The molecule has 6 nitrogen and oxygen atoms in total. The number of pyridine rings is 2. The highest BCUT2D eigenvalue weighted by molar-refractivity contribution is 6.33. The van der Waals surface area contributed by atoms with Crippen molar-refractivity contribution in [2.24, 2.45) is 0 Å². The lowest BCUT2D eigenvalue weighted by molar-refractivity contribution is 0.262. The number of amides is 2. The topological polar surface area (TPSA) is 76.1 Å². The first kappa shape index (κ1) is 14.1. The Balaban J connectivity index is 2.11. The molecular weight excluding hydrogens is 280 g/mol. The summed E-state index contributed by atoms with van der Waals surface area (Å²) in [6, 6.07) is 4.58. The van der Waals surface area contributed by atoms with Crippen LogP contribution in [0.5, 0.6) is 5.75 Å². The van der Waals surface area contributed by atoms with Crippen LogP contribution in [0.1, 0.15) is 5.56 Å². The molecule has 0 aliphatic carbocycles. The fourth-order valence-electron chi connectivity index (χ4n) is 1.52. The number of aromatic nitrogens is 2. The van der Waals surface area contributed by atoms with Gasteiger partial charge in [0.15, 0.2) is 17.4 Å². The minimum Gasteiger partial charge on any atom is -0.493 e. The fourth-order valence-corrected chi connectivity index (χ4v) is 1.68. The SMILES string of the molecule is COc1cc(C)cnc1NC(=O)Nc1ncccc1Cl. The first-order valence-corrected chi connectivity index (χ1v) is 6.17. The van der Waals surface area contributed by atoms with Crippen LogP contribution < -0.4 is 15.4 Å². The Kier molecular flexibility index (Phi) is 4.37. The lowest BCUT2D eigenvalue weighted by Crippen LogP contribution is -2.21. The van der Waals surface area contributed by atoms with E-state index in [0.29, 0.717) is 16.6 Å². The first-order valence-electron chi connectivity index (χ1n) is 5.79. The van der Waals surface area contributed by atoms with E-state index in [-0.39, 0.29) is 5.82 Å². The molecule has 2 amide bonds. The molecule has 0 aromatic carbocycles. The summed E-state index contributed by atoms with van der Waals surface area (Å²) in [7, 11) is 1.51. The van der Waals surface area contributed by atoms with Gasteiger partial charge < -0.3 is 4.74 Å². The molecule has 0 bridgehead atoms. The van der Waals surface area contributed by atoms with E-state index in [4.69, 9.17) is 16.3 Å². The van der Waals surface area contributed by atoms with Crippen LogP contribution in [0.3, 0.4) is 0 Å². The van der Waals surface area contributed by atoms with E-state index in [1.807, 2.05) is 6.92 Å². The highest BCUT2D eigenvalue weighted by atomic mass is 35.5. The molecule has 0 spiro atoms. The number of nitrogens with one attached hydrogen (secondary N) is 2. The Labute approximate surface area is 121 Å². The second-order valence-corrected chi connectivity index (χ2v) is 4.38. The summed E-state index contributed by atoms with van der Waals surface area (Å²) in [5.74, 6) is 1.08. The number of rotatable bonds is 3. The van der Waals surface area contributed by atoms with Crippen LogP contribution in [0, 0.1) is 6.92 Å². The maximum atomic E-state index is 11.9. The zero-order chi connectivity index (χ0) is 14.5. The summed E-state index contributed by atoms with van der Waals surface area (Å²) < 4.78 is 5.15. The Morgan fingerprint density at radius 3 is 2.75 bits per heavy atom. The van der Waals surface area contributed by atoms with Gasteiger partial charge in [0, 0.05) is 12.4 Å². The van der Waals surface area contributed by atoms with E-state index in [0.717, 1.165) is 5.56 Å². The molecule has 2 heterocycles. The largest absolute Gasteiger partial charge is 0.493 e. The lowest BCUT2D eigenvalue weighted by Gasteiger charge is -2.10. The zero-order valence-electron chi connectivity index (χ0n) is 11.0. The van der Waals surface area contributed by atoms with Crippen molar-refractivity contribution in [2.45, 2.75) is 6.92 Å². The minimum absolute atomic E-state index is 0.276. The number of ether oxygens (including phenoxy) is 1. The Hall–Kier alpha value is -2.34. The fraction of sp³-hybridized carbons (Fsp3) is 0.154. The van der Waals surface area contributed by atoms with Gasteiger partial charge in [-0.1, -0.05) is 11.6 Å². The van der Waals surface area contributed by atoms with Gasteiger partial charge in [-0.3, -0.25) is 10.6 Å². The third-order valence-electron chi connectivity index (χ3n) is 2.43. The third-order valence-corrected chi connectivity index (χ3v) is 2.74. The summed E-state index contributed by atoms with van der Waals surface area (Å²) in [4.78, 5) is 19.9. The number of anilines is 2. The number of carbonyl (C=O) groups is 1. The number of nitrogens with zero attached hydrogens (tertiary/aromatic N) is 2. The quantitative estimate of drug-likeness (QED) is 0.911. The van der Waals surface area contributed by atoms with Crippen molar-refractivity contribution in [1.82, 2.24) is 9.97 Å². The zero-order valence-corrected chi connectivity index (χ0v) is 11.7. The van der Waals surface area contributed by atoms with Crippen molar-refractivity contribution in [3.05, 3.63) is 41.2 Å². The summed E-state index contributed by atoms with van der Waals surface area (Å²) in [5, 5.41) is 5.47. The maximum Gasteiger partial charge on any atom is 0.326 e. The molecule has 0 aliphatic rings. The molecule has 104 valence electrons. The van der Waals surface area contributed by atoms with E-state index in [1.54, 1.807) is 24.4 Å². The highest BCUT2D eigenvalue weighted by Crippen LogP contribution is 2.23. The highest BCUT2D eigenvalue weighted by Gasteiger charge is 2.11. The lowest BCUT2D eigenvalue weighted by atomic mass is 10.3. The molecule has 7 heteroatoms. The predicted molar refractivity (Wildman–Crippen MR) is 77.4 cm³/mol. The molecular formula is C13H13ClN4O2. The average Bonchev–Trinajstić information content (AvgIpc) is 2.43. The van der Waals surface area contributed by atoms with Crippen LogP contribution in [-0.2, 0) is 0 Å². The average molecular weight is 293 g/mol. The van der Waals surface area contributed by atoms with Gasteiger partial charge in [-0.15, -0.1) is 0 Å². The molecule has 2 aromatic rings. The van der Waals surface area contributed by atoms with Crippen LogP contribution in [-0.4, -0.2) is 23.1 Å². The van der Waals surface area contributed by atoms with Crippen molar-refractivity contribution in [1.29, 1.82) is 0 Å². The first-order chi connectivity index (χ1) is 9.60. The van der Waals surface area contributed by atoms with Gasteiger partial charge in [0.05, 0.1) is 12.1 Å². The van der Waals surface area contributed by atoms with Gasteiger partial charge in [0.1, 0.15) is 0 Å². The normalized spacial score (nSPS) is 9.95. The van der Waals surface area contributed by atoms with Gasteiger partial charge in [-0.2, -0.15) is 0 Å². The van der Waals surface area contributed by atoms with Crippen molar-refractivity contribution in [2.75, 3.05) is 17.7 Å². The molecule has 0 saturated heterocycles. The summed E-state index contributed by atoms with van der Waals surface area (Å²) >= 11 is 5.91. The van der Waals surface area contributed by atoms with Crippen LogP contribution in [0.4, 0.5) is 16.4 Å². The van der Waals surface area contributed by atoms with Crippen molar-refractivity contribution in [3.63, 3.8) is 0 Å². The molecule has 2 aromatic heterocycles. The maximum absolute atomic E-state index is 11.9. The van der Waals surface area contributed by atoms with Crippen molar-refractivity contribution >= 4 is 29.3 Å². The van der Waals surface area contributed by atoms with Crippen LogP contribution >= 0.6 is 11.6 Å². The van der Waals surface area contributed by atoms with E-state index in [2.05, 4.69) is 20.6 Å². The number of methoxy groups -OCH3 is 1. The monoisotopic (exact) mass is 292 g/mol. The summed E-state index contributed by atoms with van der Waals surface area (Å²) in [6.07, 6.45) is 3.16. The molecule has 0 unspecified atom stereocenters. The molecule has 0 fully saturated rings. The molecule has 2 N–H and O–H groups in total. The summed E-state index contributed by atoms with van der Waals surface area (Å²) in [6.45, 7) is 1.88. The second-order valence-electron chi connectivity index (χ2n) is 3.98. The standard InChI is InChI=1S/C13H13ClN4O2/c1-8-6-10(20-2)12(16-7-8)18-13(19)17-11-9(14)4-3-5-15-11/h3-7H,1-2H3,(H2,15,16,17,18,19). The van der Waals surface area contributed by atoms with Crippen LogP contribution in [0.2, 0.25) is 5.02 Å². The molecule has 0 aliphatic heterocycles. The minimum atomic E-state index is -0.500. The summed E-state index contributed by atoms with van der Waals surface area (Å²) in [5.41, 5.74) is 0.931. The number of carbonyl (C=O) groups excluding carboxylic acids is 1. The van der Waals surface area contributed by atoms with Gasteiger partial charge >= 0.3 is 6.03 Å². The Bertz CT molecular complexity index is 634. The van der Waals surface area contributed by atoms with Gasteiger partial charge in [0.25, 0.3) is 0 Å². The Morgan fingerprint density at radius 2 is 2.05 bits per heavy atom. The van der Waals surface area contributed by atoms with Gasteiger partial charge in [0.2, 0.25) is 0 Å². The number of aryl methyl sites for hydroxylation is 1. The molecule has 20 heavy (non-hydrogen) atoms. The van der Waals surface area contributed by atoms with Gasteiger partial charge in [-0.25, -0.2) is 14.8 Å². The second kappa shape index (κ2) is 6.21. The van der Waals surface area contributed by atoms with E-state index in [1.165, 1.54) is 13.3 Å². The number of urea groups is 1. The molecule has 2 rings (SSSR count). The van der Waals surface area contributed by atoms with Crippen molar-refractivity contribution in [3.8, 4) is 5.75 Å². The molecule has 0 saturated carbocycles. The predicted octanol–water partition coefficient (Wildman–Crippen LogP) is 3.09. The number of halogens is 1. The molecule has 0 radical (unpaired) electrons. The van der Waals surface area contributed by atoms with Crippen LogP contribution in [0.25, 0.3) is 0 Å². The Morgan fingerprint density at radius 1 is 1.30 bits per heavy atom. The third kappa shape index (κ3) is 3.36.